The Balaban J connectivity index is 1.24. The number of rotatable bonds is 9. The van der Waals surface area contributed by atoms with Gasteiger partial charge in [-0.05, 0) is 66.6 Å². The number of hydrogen-bond acceptors (Lipinski definition) is 7. The highest BCUT2D eigenvalue weighted by Crippen LogP contribution is 2.31. The number of methoxy groups -OCH3 is 2. The quantitative estimate of drug-likeness (QED) is 0.261. The van der Waals surface area contributed by atoms with Crippen LogP contribution >= 0.6 is 11.6 Å². The van der Waals surface area contributed by atoms with Crippen LogP contribution < -0.4 is 14.4 Å². The lowest BCUT2D eigenvalue weighted by Crippen LogP contribution is -2.44. The summed E-state index contributed by atoms with van der Waals surface area (Å²) in [5.41, 5.74) is 3.04. The Kier molecular flexibility index (Phi) is 9.73. The van der Waals surface area contributed by atoms with Gasteiger partial charge in [0.2, 0.25) is 5.91 Å². The first kappa shape index (κ1) is 29.8. The van der Waals surface area contributed by atoms with Gasteiger partial charge >= 0.3 is 0 Å². The van der Waals surface area contributed by atoms with Crippen molar-refractivity contribution in [3.63, 3.8) is 0 Å². The van der Waals surface area contributed by atoms with Gasteiger partial charge in [0, 0.05) is 48.9 Å². The number of benzene rings is 3. The molecule has 0 atom stereocenters. The maximum absolute atomic E-state index is 13.5. The Morgan fingerprint density at radius 3 is 2.30 bits per heavy atom. The highest BCUT2D eigenvalue weighted by atomic mass is 35.5. The van der Waals surface area contributed by atoms with Crippen molar-refractivity contribution in [2.45, 2.75) is 13.0 Å². The fraction of sp³-hybridized carbons (Fsp3) is 0.273. The van der Waals surface area contributed by atoms with Gasteiger partial charge in [0.05, 0.1) is 19.9 Å². The molecule has 10 heteroatoms. The van der Waals surface area contributed by atoms with Crippen LogP contribution in [0.5, 0.6) is 11.5 Å². The number of aromatic nitrogens is 2. The van der Waals surface area contributed by atoms with Crippen molar-refractivity contribution >= 4 is 29.2 Å². The smallest absolute Gasteiger partial charge is 0.254 e. The summed E-state index contributed by atoms with van der Waals surface area (Å²) in [6.45, 7) is 2.78. The Hall–Kier alpha value is -4.63. The van der Waals surface area contributed by atoms with Crippen LogP contribution in [0.3, 0.4) is 0 Å². The van der Waals surface area contributed by atoms with E-state index in [9.17, 15) is 9.59 Å². The van der Waals surface area contributed by atoms with E-state index < -0.39 is 0 Å². The molecule has 1 saturated heterocycles. The Morgan fingerprint density at radius 2 is 1.60 bits per heavy atom. The SMILES string of the molecule is COc1ccc(-c2ccc(N3CCCN(C(=O)CN(Cc4ccccc4)C(=O)c4ccc(Cl)cc4)CC3)nn2)cc1OC. The molecular weight excluding hydrogens is 566 g/mol. The fourth-order valence-corrected chi connectivity index (χ4v) is 5.21. The first-order chi connectivity index (χ1) is 20.9. The third-order valence-corrected chi connectivity index (χ3v) is 7.68. The minimum absolute atomic E-state index is 0.0177. The van der Waals surface area contributed by atoms with Crippen LogP contribution in [0.2, 0.25) is 5.02 Å². The molecule has 1 aromatic heterocycles. The molecule has 1 aliphatic rings. The van der Waals surface area contributed by atoms with Crippen LogP contribution in [0, 0.1) is 0 Å². The second kappa shape index (κ2) is 14.0. The van der Waals surface area contributed by atoms with Crippen molar-refractivity contribution in [2.24, 2.45) is 0 Å². The topological polar surface area (TPSA) is 88.1 Å². The number of amides is 2. The van der Waals surface area contributed by atoms with Crippen LogP contribution in [-0.4, -0.2) is 78.8 Å². The van der Waals surface area contributed by atoms with Crippen molar-refractivity contribution in [1.82, 2.24) is 20.0 Å². The maximum atomic E-state index is 13.5. The lowest BCUT2D eigenvalue weighted by Gasteiger charge is -2.27. The zero-order valence-corrected chi connectivity index (χ0v) is 25.0. The highest BCUT2D eigenvalue weighted by molar-refractivity contribution is 6.30. The molecule has 5 rings (SSSR count). The molecule has 0 bridgehead atoms. The minimum Gasteiger partial charge on any atom is -0.493 e. The maximum Gasteiger partial charge on any atom is 0.254 e. The van der Waals surface area contributed by atoms with E-state index in [1.165, 1.54) is 0 Å². The summed E-state index contributed by atoms with van der Waals surface area (Å²) in [6, 6.07) is 25.9. The van der Waals surface area contributed by atoms with Gasteiger partial charge in [0.15, 0.2) is 17.3 Å². The zero-order valence-electron chi connectivity index (χ0n) is 24.3. The first-order valence-electron chi connectivity index (χ1n) is 14.1. The average molecular weight is 600 g/mol. The molecule has 1 aliphatic heterocycles. The van der Waals surface area contributed by atoms with Gasteiger partial charge in [0.1, 0.15) is 6.54 Å². The number of ether oxygens (including phenoxy) is 2. The Labute approximate surface area is 256 Å². The van der Waals surface area contributed by atoms with E-state index in [2.05, 4.69) is 15.1 Å². The highest BCUT2D eigenvalue weighted by Gasteiger charge is 2.25. The summed E-state index contributed by atoms with van der Waals surface area (Å²) in [7, 11) is 3.20. The molecule has 3 aromatic carbocycles. The summed E-state index contributed by atoms with van der Waals surface area (Å²) in [6.07, 6.45) is 0.772. The van der Waals surface area contributed by atoms with Gasteiger partial charge in [0.25, 0.3) is 5.91 Å². The standard InChI is InChI=1S/C33H34ClN5O4/c1-42-29-15-11-26(21-30(29)43-2)28-14-16-31(36-35-28)37-17-6-18-38(20-19-37)32(40)23-39(22-24-7-4-3-5-8-24)33(41)25-9-12-27(34)13-10-25/h3-5,7-16,21H,6,17-20,22-23H2,1-2H3. The van der Waals surface area contributed by atoms with Crippen molar-refractivity contribution in [2.75, 3.05) is 51.8 Å². The predicted molar refractivity (Wildman–Crippen MR) is 167 cm³/mol. The molecule has 0 N–H and O–H groups in total. The van der Waals surface area contributed by atoms with Crippen LogP contribution in [0.25, 0.3) is 11.3 Å². The number of carbonyl (C=O) groups is 2. The minimum atomic E-state index is -0.213. The van der Waals surface area contributed by atoms with E-state index in [1.807, 2.05) is 65.6 Å². The Bertz CT molecular complexity index is 1530. The summed E-state index contributed by atoms with van der Waals surface area (Å²) in [4.78, 5) is 32.6. The van der Waals surface area contributed by atoms with Crippen LogP contribution in [0.15, 0.2) is 84.9 Å². The van der Waals surface area contributed by atoms with E-state index in [0.717, 1.165) is 35.6 Å². The molecule has 2 heterocycles. The van der Waals surface area contributed by atoms with Gasteiger partial charge in [-0.2, -0.15) is 0 Å². The summed E-state index contributed by atoms with van der Waals surface area (Å²) in [5, 5.41) is 9.49. The van der Waals surface area contributed by atoms with Gasteiger partial charge in [-0.15, -0.1) is 10.2 Å². The van der Waals surface area contributed by atoms with Crippen LogP contribution in [0.4, 0.5) is 5.82 Å². The van der Waals surface area contributed by atoms with Crippen LogP contribution in [-0.2, 0) is 11.3 Å². The molecule has 4 aromatic rings. The van der Waals surface area contributed by atoms with E-state index in [1.54, 1.807) is 43.4 Å². The summed E-state index contributed by atoms with van der Waals surface area (Å²) < 4.78 is 10.7. The lowest BCUT2D eigenvalue weighted by atomic mass is 10.1. The lowest BCUT2D eigenvalue weighted by molar-refractivity contribution is -0.131. The predicted octanol–water partition coefficient (Wildman–Crippen LogP) is 5.20. The van der Waals surface area contributed by atoms with E-state index in [0.29, 0.717) is 48.3 Å². The molecule has 43 heavy (non-hydrogen) atoms. The normalized spacial score (nSPS) is 13.3. The fourth-order valence-electron chi connectivity index (χ4n) is 5.08. The first-order valence-corrected chi connectivity index (χ1v) is 14.5. The summed E-state index contributed by atoms with van der Waals surface area (Å²) >= 11 is 6.03. The average Bonchev–Trinajstić information content (AvgIpc) is 3.31. The van der Waals surface area contributed by atoms with E-state index in [-0.39, 0.29) is 18.4 Å². The molecule has 9 nitrogen and oxygen atoms in total. The van der Waals surface area contributed by atoms with Crippen molar-refractivity contribution in [3.8, 4) is 22.8 Å². The third-order valence-electron chi connectivity index (χ3n) is 7.42. The molecule has 0 aliphatic carbocycles. The largest absolute Gasteiger partial charge is 0.493 e. The number of carbonyl (C=O) groups excluding carboxylic acids is 2. The monoisotopic (exact) mass is 599 g/mol. The van der Waals surface area contributed by atoms with Crippen molar-refractivity contribution in [3.05, 3.63) is 101 Å². The van der Waals surface area contributed by atoms with Crippen LogP contribution in [0.1, 0.15) is 22.3 Å². The van der Waals surface area contributed by atoms with Gasteiger partial charge in [-0.25, -0.2) is 0 Å². The van der Waals surface area contributed by atoms with E-state index in [4.69, 9.17) is 21.1 Å². The van der Waals surface area contributed by atoms with Crippen molar-refractivity contribution < 1.29 is 19.1 Å². The number of hydrogen-bond donors (Lipinski definition) is 0. The number of anilines is 1. The summed E-state index contributed by atoms with van der Waals surface area (Å²) in [5.74, 6) is 1.73. The molecule has 0 spiro atoms. The molecule has 2 amide bonds. The third kappa shape index (κ3) is 7.42. The molecule has 0 radical (unpaired) electrons. The van der Waals surface area contributed by atoms with Gasteiger partial charge in [-0.3, -0.25) is 9.59 Å². The second-order valence-electron chi connectivity index (χ2n) is 10.2. The van der Waals surface area contributed by atoms with Crippen molar-refractivity contribution in [1.29, 1.82) is 0 Å². The molecule has 0 unspecified atom stereocenters. The van der Waals surface area contributed by atoms with Gasteiger partial charge in [-0.1, -0.05) is 41.9 Å². The molecule has 0 saturated carbocycles. The van der Waals surface area contributed by atoms with E-state index >= 15 is 0 Å². The molecule has 1 fully saturated rings. The molecular formula is C33H34ClN5O4. The number of halogens is 1. The zero-order chi connectivity index (χ0) is 30.2. The second-order valence-corrected chi connectivity index (χ2v) is 10.7. The Morgan fingerprint density at radius 1 is 0.837 bits per heavy atom. The van der Waals surface area contributed by atoms with Gasteiger partial charge < -0.3 is 24.2 Å². The molecule has 222 valence electrons. The number of nitrogens with zero attached hydrogens (tertiary/aromatic N) is 5.